The number of sulfonamides is 1. The van der Waals surface area contributed by atoms with Gasteiger partial charge in [0.2, 0.25) is 10.0 Å². The Morgan fingerprint density at radius 3 is 2.46 bits per heavy atom. The van der Waals surface area contributed by atoms with E-state index in [2.05, 4.69) is 10.1 Å². The monoisotopic (exact) mass is 349 g/mol. The normalized spacial score (nSPS) is 18.5. The Morgan fingerprint density at radius 1 is 1.12 bits per heavy atom. The van der Waals surface area contributed by atoms with E-state index in [9.17, 15) is 8.42 Å². The zero-order chi connectivity index (χ0) is 17.0. The predicted octanol–water partition coefficient (Wildman–Crippen LogP) is 1.93. The van der Waals surface area contributed by atoms with Gasteiger partial charge in [-0.3, -0.25) is 4.90 Å². The van der Waals surface area contributed by atoms with Crippen molar-refractivity contribution in [2.75, 3.05) is 31.9 Å². The Morgan fingerprint density at radius 2 is 1.83 bits per heavy atom. The standard InChI is InChI=1S/C17H23N3O3S/c1-15(16-5-3-2-4-6-16)14-24(21,22)20-10-8-19(9-11-20)13-17-7-12-23-18-17/h2-7,12,15H,8-11,13-14H2,1H3. The minimum atomic E-state index is -3.24. The van der Waals surface area contributed by atoms with Crippen molar-refractivity contribution in [2.24, 2.45) is 0 Å². The molecule has 3 rings (SSSR count). The highest BCUT2D eigenvalue weighted by molar-refractivity contribution is 7.89. The summed E-state index contributed by atoms with van der Waals surface area (Å²) in [5, 5.41) is 3.90. The molecule has 0 aliphatic carbocycles. The van der Waals surface area contributed by atoms with Crippen molar-refractivity contribution < 1.29 is 12.9 Å². The highest BCUT2D eigenvalue weighted by Gasteiger charge is 2.28. The summed E-state index contributed by atoms with van der Waals surface area (Å²) in [4.78, 5) is 2.20. The van der Waals surface area contributed by atoms with Gasteiger partial charge in [-0.1, -0.05) is 42.4 Å². The fourth-order valence-electron chi connectivity index (χ4n) is 3.01. The van der Waals surface area contributed by atoms with Gasteiger partial charge in [-0.25, -0.2) is 8.42 Å². The van der Waals surface area contributed by atoms with Crippen LogP contribution in [0.1, 0.15) is 24.1 Å². The van der Waals surface area contributed by atoms with E-state index in [-0.39, 0.29) is 11.7 Å². The van der Waals surface area contributed by atoms with Crippen LogP contribution < -0.4 is 0 Å². The molecule has 1 aromatic heterocycles. The molecule has 130 valence electrons. The molecule has 0 amide bonds. The van der Waals surface area contributed by atoms with Crippen LogP contribution in [0.25, 0.3) is 0 Å². The second kappa shape index (κ2) is 7.46. The lowest BCUT2D eigenvalue weighted by Gasteiger charge is -2.34. The second-order valence-electron chi connectivity index (χ2n) is 6.26. The number of piperazine rings is 1. The molecule has 2 aromatic rings. The van der Waals surface area contributed by atoms with E-state index in [4.69, 9.17) is 4.52 Å². The van der Waals surface area contributed by atoms with Crippen LogP contribution in [0.15, 0.2) is 47.2 Å². The topological polar surface area (TPSA) is 66.7 Å². The number of benzene rings is 1. The van der Waals surface area contributed by atoms with Gasteiger partial charge in [0.1, 0.15) is 6.26 Å². The van der Waals surface area contributed by atoms with E-state index in [1.54, 1.807) is 10.6 Å². The average molecular weight is 349 g/mol. The lowest BCUT2D eigenvalue weighted by Crippen LogP contribution is -2.49. The van der Waals surface area contributed by atoms with Crippen molar-refractivity contribution in [1.29, 1.82) is 0 Å². The van der Waals surface area contributed by atoms with Crippen LogP contribution in [0, 0.1) is 0 Å². The summed E-state index contributed by atoms with van der Waals surface area (Å²) in [6.07, 6.45) is 1.56. The number of hydrogen-bond acceptors (Lipinski definition) is 5. The number of hydrogen-bond donors (Lipinski definition) is 0. The molecular formula is C17H23N3O3S. The summed E-state index contributed by atoms with van der Waals surface area (Å²) in [5.74, 6) is 0.143. The Balaban J connectivity index is 1.54. The molecule has 24 heavy (non-hydrogen) atoms. The van der Waals surface area contributed by atoms with Gasteiger partial charge in [-0.15, -0.1) is 0 Å². The summed E-state index contributed by atoms with van der Waals surface area (Å²) < 4.78 is 31.8. The maximum Gasteiger partial charge on any atom is 0.214 e. The van der Waals surface area contributed by atoms with Gasteiger partial charge in [0, 0.05) is 38.8 Å². The van der Waals surface area contributed by atoms with E-state index in [0.29, 0.717) is 32.7 Å². The van der Waals surface area contributed by atoms with E-state index in [1.807, 2.05) is 43.3 Å². The second-order valence-corrected chi connectivity index (χ2v) is 8.27. The van der Waals surface area contributed by atoms with Crippen molar-refractivity contribution in [1.82, 2.24) is 14.4 Å². The summed E-state index contributed by atoms with van der Waals surface area (Å²) in [6, 6.07) is 11.6. The van der Waals surface area contributed by atoms with Crippen molar-refractivity contribution in [3.05, 3.63) is 53.9 Å². The van der Waals surface area contributed by atoms with Gasteiger partial charge in [-0.05, 0) is 11.5 Å². The molecule has 1 fully saturated rings. The first-order chi connectivity index (χ1) is 11.5. The molecule has 2 heterocycles. The van der Waals surface area contributed by atoms with Crippen LogP contribution >= 0.6 is 0 Å². The smallest absolute Gasteiger partial charge is 0.214 e. The molecule has 1 aliphatic heterocycles. The van der Waals surface area contributed by atoms with Crippen molar-refractivity contribution in [3.8, 4) is 0 Å². The van der Waals surface area contributed by atoms with Crippen LogP contribution in [0.5, 0.6) is 0 Å². The van der Waals surface area contributed by atoms with Crippen LogP contribution in [0.3, 0.4) is 0 Å². The molecule has 1 atom stereocenters. The Kier molecular flexibility index (Phi) is 5.33. The van der Waals surface area contributed by atoms with Crippen LogP contribution in [-0.2, 0) is 16.6 Å². The molecule has 0 N–H and O–H groups in total. The van der Waals surface area contributed by atoms with Gasteiger partial charge < -0.3 is 4.52 Å². The molecule has 0 radical (unpaired) electrons. The summed E-state index contributed by atoms with van der Waals surface area (Å²) in [7, 11) is -3.24. The fourth-order valence-corrected chi connectivity index (χ4v) is 4.77. The number of rotatable bonds is 6. The minimum Gasteiger partial charge on any atom is -0.364 e. The molecule has 1 aliphatic rings. The Labute approximate surface area is 143 Å². The number of nitrogens with zero attached hydrogens (tertiary/aromatic N) is 3. The van der Waals surface area contributed by atoms with Gasteiger partial charge in [-0.2, -0.15) is 4.31 Å². The van der Waals surface area contributed by atoms with Crippen LogP contribution in [0.2, 0.25) is 0 Å². The molecule has 0 saturated carbocycles. The van der Waals surface area contributed by atoms with Crippen LogP contribution in [-0.4, -0.2) is 54.7 Å². The average Bonchev–Trinajstić information content (AvgIpc) is 3.09. The predicted molar refractivity (Wildman–Crippen MR) is 92.0 cm³/mol. The highest BCUT2D eigenvalue weighted by atomic mass is 32.2. The van der Waals surface area contributed by atoms with E-state index < -0.39 is 10.0 Å². The Hall–Kier alpha value is -1.70. The lowest BCUT2D eigenvalue weighted by atomic mass is 10.0. The van der Waals surface area contributed by atoms with Gasteiger partial charge in [0.25, 0.3) is 0 Å². The first-order valence-corrected chi connectivity index (χ1v) is 9.80. The van der Waals surface area contributed by atoms with Crippen molar-refractivity contribution in [2.45, 2.75) is 19.4 Å². The molecule has 6 nitrogen and oxygen atoms in total. The van der Waals surface area contributed by atoms with E-state index in [0.717, 1.165) is 11.3 Å². The molecule has 1 unspecified atom stereocenters. The minimum absolute atomic E-state index is 0.00985. The molecule has 0 bridgehead atoms. The lowest BCUT2D eigenvalue weighted by molar-refractivity contribution is 0.177. The van der Waals surface area contributed by atoms with Crippen molar-refractivity contribution in [3.63, 3.8) is 0 Å². The largest absolute Gasteiger partial charge is 0.364 e. The summed E-state index contributed by atoms with van der Waals surface area (Å²) in [6.45, 7) is 5.15. The third kappa shape index (κ3) is 4.23. The van der Waals surface area contributed by atoms with E-state index >= 15 is 0 Å². The maximum absolute atomic E-state index is 12.7. The van der Waals surface area contributed by atoms with E-state index in [1.165, 1.54) is 0 Å². The van der Waals surface area contributed by atoms with Gasteiger partial charge in [0.15, 0.2) is 0 Å². The summed E-state index contributed by atoms with van der Waals surface area (Å²) >= 11 is 0. The number of aromatic nitrogens is 1. The molecular weight excluding hydrogens is 326 g/mol. The first-order valence-electron chi connectivity index (χ1n) is 8.19. The molecule has 7 heteroatoms. The quantitative estimate of drug-likeness (QED) is 0.797. The third-order valence-corrected chi connectivity index (χ3v) is 6.50. The van der Waals surface area contributed by atoms with Gasteiger partial charge in [0.05, 0.1) is 11.4 Å². The highest BCUT2D eigenvalue weighted by Crippen LogP contribution is 2.20. The SMILES string of the molecule is CC(CS(=O)(=O)N1CCN(Cc2ccon2)CC1)c1ccccc1. The zero-order valence-corrected chi connectivity index (χ0v) is 14.7. The van der Waals surface area contributed by atoms with Gasteiger partial charge >= 0.3 is 0 Å². The third-order valence-electron chi connectivity index (χ3n) is 4.43. The molecule has 1 aromatic carbocycles. The molecule has 0 spiro atoms. The van der Waals surface area contributed by atoms with Crippen LogP contribution in [0.4, 0.5) is 0 Å². The van der Waals surface area contributed by atoms with Crippen molar-refractivity contribution >= 4 is 10.0 Å². The first kappa shape index (κ1) is 17.1. The Bertz CT molecular complexity index is 724. The fraction of sp³-hybridized carbons (Fsp3) is 0.471. The maximum atomic E-state index is 12.7. The summed E-state index contributed by atoms with van der Waals surface area (Å²) in [5.41, 5.74) is 1.94. The molecule has 1 saturated heterocycles. The zero-order valence-electron chi connectivity index (χ0n) is 13.8.